The standard InChI is InChI=1S/C13H21NO/c1-4-5-10-14-11(2)12-6-8-13(15-3)9-7-12/h6-9,11,14H,4-5,10H2,1-3H3/t11-/m1/s1. The molecule has 0 radical (unpaired) electrons. The largest absolute Gasteiger partial charge is 0.497 e. The third-order valence-electron chi connectivity index (χ3n) is 2.60. The lowest BCUT2D eigenvalue weighted by molar-refractivity contribution is 0.414. The zero-order valence-electron chi connectivity index (χ0n) is 9.92. The molecule has 0 fully saturated rings. The van der Waals surface area contributed by atoms with Crippen molar-refractivity contribution in [2.45, 2.75) is 32.7 Å². The molecule has 0 aliphatic rings. The molecule has 1 N–H and O–H groups in total. The summed E-state index contributed by atoms with van der Waals surface area (Å²) in [6, 6.07) is 8.66. The van der Waals surface area contributed by atoms with Crippen LogP contribution >= 0.6 is 0 Å². The molecule has 0 aliphatic heterocycles. The molecular formula is C13H21NO. The van der Waals surface area contributed by atoms with Crippen molar-refractivity contribution in [2.24, 2.45) is 0 Å². The molecule has 2 nitrogen and oxygen atoms in total. The van der Waals surface area contributed by atoms with Gasteiger partial charge in [0.05, 0.1) is 7.11 Å². The first-order chi connectivity index (χ1) is 7.27. The van der Waals surface area contributed by atoms with Gasteiger partial charge in [0.25, 0.3) is 0 Å². The van der Waals surface area contributed by atoms with Crippen molar-refractivity contribution in [1.29, 1.82) is 0 Å². The molecule has 84 valence electrons. The van der Waals surface area contributed by atoms with Crippen molar-refractivity contribution in [3.8, 4) is 5.75 Å². The fourth-order valence-corrected chi connectivity index (χ4v) is 1.51. The van der Waals surface area contributed by atoms with Crippen LogP contribution in [0.4, 0.5) is 0 Å². The Morgan fingerprint density at radius 3 is 2.47 bits per heavy atom. The molecule has 2 heteroatoms. The predicted molar refractivity (Wildman–Crippen MR) is 64.3 cm³/mol. The maximum atomic E-state index is 5.13. The van der Waals surface area contributed by atoms with E-state index >= 15 is 0 Å². The summed E-state index contributed by atoms with van der Waals surface area (Å²) in [5.41, 5.74) is 1.31. The van der Waals surface area contributed by atoms with Crippen LogP contribution in [0.5, 0.6) is 5.75 Å². The third kappa shape index (κ3) is 3.92. The summed E-state index contributed by atoms with van der Waals surface area (Å²) in [7, 11) is 1.69. The lowest BCUT2D eigenvalue weighted by Crippen LogP contribution is -2.19. The SMILES string of the molecule is CCCCN[C@H](C)c1ccc(OC)cc1. The van der Waals surface area contributed by atoms with Crippen LogP contribution in [0.2, 0.25) is 0 Å². The van der Waals surface area contributed by atoms with E-state index in [1.165, 1.54) is 18.4 Å². The number of unbranched alkanes of at least 4 members (excludes halogenated alkanes) is 1. The molecule has 1 atom stereocenters. The Kier molecular flexibility index (Phi) is 5.19. The molecule has 1 rings (SSSR count). The van der Waals surface area contributed by atoms with Gasteiger partial charge in [-0.3, -0.25) is 0 Å². The average Bonchev–Trinajstić information content (AvgIpc) is 2.29. The highest BCUT2D eigenvalue weighted by Crippen LogP contribution is 2.16. The van der Waals surface area contributed by atoms with Crippen molar-refractivity contribution >= 4 is 0 Å². The quantitative estimate of drug-likeness (QED) is 0.723. The second-order valence-electron chi connectivity index (χ2n) is 3.80. The van der Waals surface area contributed by atoms with Crippen molar-refractivity contribution in [3.05, 3.63) is 29.8 Å². The zero-order chi connectivity index (χ0) is 11.1. The van der Waals surface area contributed by atoms with Crippen LogP contribution in [0.1, 0.15) is 38.3 Å². The van der Waals surface area contributed by atoms with Crippen LogP contribution < -0.4 is 10.1 Å². The van der Waals surface area contributed by atoms with Gasteiger partial charge in [0.15, 0.2) is 0 Å². The molecule has 0 aliphatic carbocycles. The Morgan fingerprint density at radius 1 is 1.27 bits per heavy atom. The van der Waals surface area contributed by atoms with Gasteiger partial charge in [-0.1, -0.05) is 25.5 Å². The van der Waals surface area contributed by atoms with Crippen LogP contribution in [-0.4, -0.2) is 13.7 Å². The van der Waals surface area contributed by atoms with E-state index in [2.05, 4.69) is 31.3 Å². The maximum absolute atomic E-state index is 5.13. The first-order valence-corrected chi connectivity index (χ1v) is 5.65. The van der Waals surface area contributed by atoms with Crippen molar-refractivity contribution in [1.82, 2.24) is 5.32 Å². The van der Waals surface area contributed by atoms with Gasteiger partial charge in [-0.2, -0.15) is 0 Å². The van der Waals surface area contributed by atoms with E-state index in [0.29, 0.717) is 6.04 Å². The van der Waals surface area contributed by atoms with Crippen LogP contribution in [0.3, 0.4) is 0 Å². The van der Waals surface area contributed by atoms with Crippen LogP contribution in [-0.2, 0) is 0 Å². The van der Waals surface area contributed by atoms with E-state index in [1.54, 1.807) is 7.11 Å². The summed E-state index contributed by atoms with van der Waals surface area (Å²) in [4.78, 5) is 0. The molecule has 0 saturated heterocycles. The predicted octanol–water partition coefficient (Wildman–Crippen LogP) is 3.15. The van der Waals surface area contributed by atoms with Gasteiger partial charge in [0.1, 0.15) is 5.75 Å². The van der Waals surface area contributed by atoms with E-state index in [-0.39, 0.29) is 0 Å². The van der Waals surface area contributed by atoms with Gasteiger partial charge in [0, 0.05) is 6.04 Å². The van der Waals surface area contributed by atoms with Crippen LogP contribution in [0, 0.1) is 0 Å². The first-order valence-electron chi connectivity index (χ1n) is 5.65. The van der Waals surface area contributed by atoms with Gasteiger partial charge >= 0.3 is 0 Å². The normalized spacial score (nSPS) is 12.5. The molecule has 0 bridgehead atoms. The number of ether oxygens (including phenoxy) is 1. The minimum Gasteiger partial charge on any atom is -0.497 e. The highest BCUT2D eigenvalue weighted by Gasteiger charge is 2.03. The molecule has 1 aromatic rings. The average molecular weight is 207 g/mol. The fourth-order valence-electron chi connectivity index (χ4n) is 1.51. The van der Waals surface area contributed by atoms with Crippen molar-refractivity contribution in [3.63, 3.8) is 0 Å². The van der Waals surface area contributed by atoms with E-state index in [0.717, 1.165) is 12.3 Å². The molecule has 1 aromatic carbocycles. The minimum absolute atomic E-state index is 0.419. The first kappa shape index (κ1) is 12.1. The Balaban J connectivity index is 2.46. The number of nitrogens with one attached hydrogen (secondary N) is 1. The van der Waals surface area contributed by atoms with Crippen LogP contribution in [0.15, 0.2) is 24.3 Å². The summed E-state index contributed by atoms with van der Waals surface area (Å²) < 4.78 is 5.13. The molecule has 0 heterocycles. The molecular weight excluding hydrogens is 186 g/mol. The third-order valence-corrected chi connectivity index (χ3v) is 2.60. The van der Waals surface area contributed by atoms with Gasteiger partial charge in [-0.05, 0) is 37.6 Å². The Morgan fingerprint density at radius 2 is 1.93 bits per heavy atom. The monoisotopic (exact) mass is 207 g/mol. The summed E-state index contributed by atoms with van der Waals surface area (Å²) in [5.74, 6) is 0.916. The van der Waals surface area contributed by atoms with Crippen molar-refractivity contribution in [2.75, 3.05) is 13.7 Å². The fraction of sp³-hybridized carbons (Fsp3) is 0.538. The summed E-state index contributed by atoms with van der Waals surface area (Å²) in [6.07, 6.45) is 2.48. The van der Waals surface area contributed by atoms with Crippen molar-refractivity contribution < 1.29 is 4.74 Å². The Hall–Kier alpha value is -1.02. The number of methoxy groups -OCH3 is 1. The van der Waals surface area contributed by atoms with Gasteiger partial charge < -0.3 is 10.1 Å². The maximum Gasteiger partial charge on any atom is 0.118 e. The molecule has 0 unspecified atom stereocenters. The Bertz CT molecular complexity index is 268. The molecule has 0 aromatic heterocycles. The van der Waals surface area contributed by atoms with Gasteiger partial charge in [0.2, 0.25) is 0 Å². The van der Waals surface area contributed by atoms with Crippen LogP contribution in [0.25, 0.3) is 0 Å². The number of benzene rings is 1. The highest BCUT2D eigenvalue weighted by atomic mass is 16.5. The lowest BCUT2D eigenvalue weighted by Gasteiger charge is -2.14. The number of hydrogen-bond donors (Lipinski definition) is 1. The van der Waals surface area contributed by atoms with Gasteiger partial charge in [-0.15, -0.1) is 0 Å². The lowest BCUT2D eigenvalue weighted by atomic mass is 10.1. The Labute approximate surface area is 92.6 Å². The number of hydrogen-bond acceptors (Lipinski definition) is 2. The molecule has 15 heavy (non-hydrogen) atoms. The highest BCUT2D eigenvalue weighted by molar-refractivity contribution is 5.28. The second-order valence-corrected chi connectivity index (χ2v) is 3.80. The van der Waals surface area contributed by atoms with E-state index in [1.807, 2.05) is 12.1 Å². The van der Waals surface area contributed by atoms with E-state index < -0.39 is 0 Å². The smallest absolute Gasteiger partial charge is 0.118 e. The number of rotatable bonds is 6. The summed E-state index contributed by atoms with van der Waals surface area (Å²) >= 11 is 0. The minimum atomic E-state index is 0.419. The summed E-state index contributed by atoms with van der Waals surface area (Å²) in [6.45, 7) is 5.49. The molecule has 0 spiro atoms. The van der Waals surface area contributed by atoms with Gasteiger partial charge in [-0.25, -0.2) is 0 Å². The zero-order valence-corrected chi connectivity index (χ0v) is 9.92. The molecule has 0 amide bonds. The molecule has 0 saturated carbocycles. The van der Waals surface area contributed by atoms with E-state index in [4.69, 9.17) is 4.74 Å². The second kappa shape index (κ2) is 6.46. The summed E-state index contributed by atoms with van der Waals surface area (Å²) in [5, 5.41) is 3.50. The van der Waals surface area contributed by atoms with E-state index in [9.17, 15) is 0 Å². The topological polar surface area (TPSA) is 21.3 Å².